The van der Waals surface area contributed by atoms with E-state index in [1.165, 1.54) is 12.3 Å². The van der Waals surface area contributed by atoms with Crippen LogP contribution in [0.4, 0.5) is 14.5 Å². The molecule has 3 rings (SSSR count). The van der Waals surface area contributed by atoms with Gasteiger partial charge >= 0.3 is 11.6 Å². The SMILES string of the molecule is CCCC(=O)OCc1cnc(C)c2oc(=O)c(C(=O)Nc3ccc(F)cc3F)cc12. The van der Waals surface area contributed by atoms with Crippen molar-refractivity contribution >= 4 is 28.5 Å². The lowest BCUT2D eigenvalue weighted by Crippen LogP contribution is -2.21. The molecule has 0 fully saturated rings. The van der Waals surface area contributed by atoms with Gasteiger partial charge in [0.15, 0.2) is 5.58 Å². The zero-order valence-corrected chi connectivity index (χ0v) is 16.3. The van der Waals surface area contributed by atoms with Gasteiger partial charge in [0.2, 0.25) is 0 Å². The van der Waals surface area contributed by atoms with Gasteiger partial charge in [-0.25, -0.2) is 13.6 Å². The van der Waals surface area contributed by atoms with Crippen LogP contribution in [0.25, 0.3) is 11.0 Å². The van der Waals surface area contributed by atoms with E-state index in [1.807, 2.05) is 6.92 Å². The van der Waals surface area contributed by atoms with Gasteiger partial charge in [-0.1, -0.05) is 6.92 Å². The van der Waals surface area contributed by atoms with Crippen molar-refractivity contribution < 1.29 is 27.5 Å². The van der Waals surface area contributed by atoms with Crippen LogP contribution in [-0.4, -0.2) is 16.9 Å². The molecule has 1 amide bonds. The van der Waals surface area contributed by atoms with Gasteiger partial charge in [-0.2, -0.15) is 0 Å². The summed E-state index contributed by atoms with van der Waals surface area (Å²) in [5.41, 5.74) is -0.646. The van der Waals surface area contributed by atoms with Crippen LogP contribution < -0.4 is 10.9 Å². The molecule has 0 bridgehead atoms. The minimum atomic E-state index is -0.989. The molecule has 0 saturated heterocycles. The predicted molar refractivity (Wildman–Crippen MR) is 104 cm³/mol. The number of aromatic nitrogens is 1. The van der Waals surface area contributed by atoms with E-state index in [-0.39, 0.29) is 24.3 Å². The first-order valence-corrected chi connectivity index (χ1v) is 9.14. The Morgan fingerprint density at radius 3 is 2.70 bits per heavy atom. The van der Waals surface area contributed by atoms with Crippen molar-refractivity contribution in [2.45, 2.75) is 33.3 Å². The molecular weight excluding hydrogens is 398 g/mol. The minimum absolute atomic E-state index is 0.121. The third-order valence-corrected chi connectivity index (χ3v) is 4.30. The van der Waals surface area contributed by atoms with Crippen LogP contribution in [0.2, 0.25) is 0 Å². The quantitative estimate of drug-likeness (QED) is 0.613. The highest BCUT2D eigenvalue weighted by atomic mass is 19.1. The van der Waals surface area contributed by atoms with Crippen LogP contribution in [0.5, 0.6) is 0 Å². The molecule has 1 N–H and O–H groups in total. The van der Waals surface area contributed by atoms with Crippen LogP contribution in [0.1, 0.15) is 41.4 Å². The van der Waals surface area contributed by atoms with Gasteiger partial charge in [0, 0.05) is 29.6 Å². The monoisotopic (exact) mass is 416 g/mol. The van der Waals surface area contributed by atoms with Crippen LogP contribution >= 0.6 is 0 Å². The summed E-state index contributed by atoms with van der Waals surface area (Å²) in [6.45, 7) is 3.34. The highest BCUT2D eigenvalue weighted by molar-refractivity contribution is 6.05. The van der Waals surface area contributed by atoms with Crippen LogP contribution in [0, 0.1) is 18.6 Å². The number of nitrogens with zero attached hydrogens (tertiary/aromatic N) is 1. The van der Waals surface area contributed by atoms with E-state index in [0.717, 1.165) is 12.1 Å². The maximum absolute atomic E-state index is 13.8. The fraction of sp³-hybridized carbons (Fsp3) is 0.238. The van der Waals surface area contributed by atoms with Crippen molar-refractivity contribution in [3.63, 3.8) is 0 Å². The average Bonchev–Trinajstić information content (AvgIpc) is 2.69. The third-order valence-electron chi connectivity index (χ3n) is 4.30. The number of halogens is 2. The third kappa shape index (κ3) is 4.51. The summed E-state index contributed by atoms with van der Waals surface area (Å²) in [6.07, 6.45) is 2.34. The lowest BCUT2D eigenvalue weighted by Gasteiger charge is -2.10. The van der Waals surface area contributed by atoms with Crippen LogP contribution in [0.3, 0.4) is 0 Å². The summed E-state index contributed by atoms with van der Waals surface area (Å²) in [6, 6.07) is 3.89. The molecule has 0 radical (unpaired) electrons. The van der Waals surface area contributed by atoms with Crippen molar-refractivity contribution in [1.29, 1.82) is 0 Å². The van der Waals surface area contributed by atoms with E-state index in [1.54, 1.807) is 6.92 Å². The van der Waals surface area contributed by atoms with Gasteiger partial charge in [-0.05, 0) is 31.5 Å². The number of carbonyl (C=O) groups is 2. The maximum Gasteiger partial charge on any atom is 0.349 e. The molecule has 0 aliphatic carbocycles. The van der Waals surface area contributed by atoms with E-state index < -0.39 is 34.7 Å². The first kappa shape index (κ1) is 21.1. The highest BCUT2D eigenvalue weighted by Gasteiger charge is 2.19. The Morgan fingerprint density at radius 2 is 2.00 bits per heavy atom. The number of aryl methyl sites for hydroxylation is 1. The zero-order valence-electron chi connectivity index (χ0n) is 16.3. The van der Waals surface area contributed by atoms with Crippen LogP contribution in [0.15, 0.2) is 39.7 Å². The Bertz CT molecular complexity index is 1190. The van der Waals surface area contributed by atoms with Crippen molar-refractivity contribution in [3.8, 4) is 0 Å². The lowest BCUT2D eigenvalue weighted by molar-refractivity contribution is -0.144. The summed E-state index contributed by atoms with van der Waals surface area (Å²) >= 11 is 0. The van der Waals surface area contributed by atoms with Gasteiger partial charge in [0.25, 0.3) is 5.91 Å². The molecule has 3 aromatic rings. The number of nitrogens with one attached hydrogen (secondary N) is 1. The maximum atomic E-state index is 13.8. The summed E-state index contributed by atoms with van der Waals surface area (Å²) in [4.78, 5) is 40.6. The Kier molecular flexibility index (Phi) is 6.20. The van der Waals surface area contributed by atoms with E-state index in [9.17, 15) is 23.2 Å². The highest BCUT2D eigenvalue weighted by Crippen LogP contribution is 2.22. The van der Waals surface area contributed by atoms with Gasteiger partial charge in [0.1, 0.15) is 23.8 Å². The molecule has 0 aliphatic heterocycles. The van der Waals surface area contributed by atoms with Crippen molar-refractivity contribution in [2.75, 3.05) is 5.32 Å². The number of ether oxygens (including phenoxy) is 1. The average molecular weight is 416 g/mol. The van der Waals surface area contributed by atoms with E-state index in [0.29, 0.717) is 29.1 Å². The molecule has 0 saturated carbocycles. The fourth-order valence-electron chi connectivity index (χ4n) is 2.77. The number of pyridine rings is 1. The normalized spacial score (nSPS) is 10.8. The Labute approximate surface area is 169 Å². The molecule has 0 spiro atoms. The van der Waals surface area contributed by atoms with Crippen molar-refractivity contribution in [3.05, 3.63) is 69.3 Å². The van der Waals surface area contributed by atoms with E-state index >= 15 is 0 Å². The van der Waals surface area contributed by atoms with Crippen molar-refractivity contribution in [2.24, 2.45) is 0 Å². The number of anilines is 1. The smallest absolute Gasteiger partial charge is 0.349 e. The molecule has 2 heterocycles. The summed E-state index contributed by atoms with van der Waals surface area (Å²) < 4.78 is 37.3. The summed E-state index contributed by atoms with van der Waals surface area (Å²) in [5.74, 6) is -3.12. The molecule has 7 nitrogen and oxygen atoms in total. The molecule has 9 heteroatoms. The standard InChI is InChI=1S/C21H18F2N2O5/c1-3-4-18(26)29-10-12-9-24-11(2)19-14(12)8-15(21(28)30-19)20(27)25-17-6-5-13(22)7-16(17)23/h5-9H,3-4,10H2,1-2H3,(H,25,27). The Balaban J connectivity index is 1.97. The summed E-state index contributed by atoms with van der Waals surface area (Å²) in [5, 5.41) is 2.58. The number of carbonyl (C=O) groups excluding carboxylic acids is 2. The zero-order chi connectivity index (χ0) is 21.8. The molecular formula is C21H18F2N2O5. The van der Waals surface area contributed by atoms with Crippen molar-refractivity contribution in [1.82, 2.24) is 4.98 Å². The molecule has 156 valence electrons. The molecule has 0 unspecified atom stereocenters. The fourth-order valence-corrected chi connectivity index (χ4v) is 2.77. The topological polar surface area (TPSA) is 98.5 Å². The molecule has 2 aromatic heterocycles. The second-order valence-corrected chi connectivity index (χ2v) is 6.55. The number of benzene rings is 1. The number of amides is 1. The van der Waals surface area contributed by atoms with Gasteiger partial charge in [-0.3, -0.25) is 14.6 Å². The first-order valence-electron chi connectivity index (χ1n) is 9.14. The molecule has 0 atom stereocenters. The molecule has 30 heavy (non-hydrogen) atoms. The van der Waals surface area contributed by atoms with Gasteiger partial charge < -0.3 is 14.5 Å². The number of rotatable bonds is 6. The lowest BCUT2D eigenvalue weighted by atomic mass is 10.1. The Hall–Kier alpha value is -3.62. The largest absolute Gasteiger partial charge is 0.461 e. The van der Waals surface area contributed by atoms with Gasteiger partial charge in [0.05, 0.1) is 11.4 Å². The number of esters is 1. The van der Waals surface area contributed by atoms with E-state index in [4.69, 9.17) is 9.15 Å². The summed E-state index contributed by atoms with van der Waals surface area (Å²) in [7, 11) is 0. The Morgan fingerprint density at radius 1 is 1.23 bits per heavy atom. The van der Waals surface area contributed by atoms with Gasteiger partial charge in [-0.15, -0.1) is 0 Å². The van der Waals surface area contributed by atoms with E-state index in [2.05, 4.69) is 10.3 Å². The molecule has 0 aliphatic rings. The number of hydrogen-bond acceptors (Lipinski definition) is 6. The van der Waals surface area contributed by atoms with Crippen LogP contribution in [-0.2, 0) is 16.1 Å². The molecule has 1 aromatic carbocycles. The first-order chi connectivity index (χ1) is 14.3. The predicted octanol–water partition coefficient (Wildman–Crippen LogP) is 3.87. The number of hydrogen-bond donors (Lipinski definition) is 1. The minimum Gasteiger partial charge on any atom is -0.461 e. The number of fused-ring (bicyclic) bond motifs is 1. The second kappa shape index (κ2) is 8.81. The second-order valence-electron chi connectivity index (χ2n) is 6.55.